The smallest absolute Gasteiger partial charge is 0.256 e. The van der Waals surface area contributed by atoms with Crippen LogP contribution in [-0.4, -0.2) is 18.2 Å². The summed E-state index contributed by atoms with van der Waals surface area (Å²) in [5.74, 6) is 0.295. The molecular weight excluding hydrogens is 322 g/mol. The van der Waals surface area contributed by atoms with Gasteiger partial charge in [-0.15, -0.1) is 0 Å². The van der Waals surface area contributed by atoms with E-state index in [0.29, 0.717) is 12.4 Å². The zero-order valence-corrected chi connectivity index (χ0v) is 13.7. The van der Waals surface area contributed by atoms with Crippen LogP contribution >= 0.6 is 0 Å². The standard InChI is InChI=1S/C18H17N3O2S/c22-24(23,14-12-16-7-3-1-4-8-16)20-18-11-13-21(19-18)15-17-9-5-2-6-10-17/h1-14H,15H2,(H,19,20). The second kappa shape index (κ2) is 7.14. The fourth-order valence-electron chi connectivity index (χ4n) is 2.19. The molecular formula is C18H17N3O2S. The highest BCUT2D eigenvalue weighted by molar-refractivity contribution is 7.95. The number of hydrogen-bond acceptors (Lipinski definition) is 3. The average molecular weight is 339 g/mol. The molecule has 0 bridgehead atoms. The molecule has 1 aromatic heterocycles. The zero-order valence-electron chi connectivity index (χ0n) is 12.9. The molecule has 24 heavy (non-hydrogen) atoms. The van der Waals surface area contributed by atoms with Crippen LogP contribution in [-0.2, 0) is 16.6 Å². The van der Waals surface area contributed by atoms with Crippen molar-refractivity contribution in [2.45, 2.75) is 6.54 Å². The third kappa shape index (κ3) is 4.57. The average Bonchev–Trinajstić information content (AvgIpc) is 3.01. The van der Waals surface area contributed by atoms with Gasteiger partial charge < -0.3 is 0 Å². The van der Waals surface area contributed by atoms with Crippen LogP contribution in [0.15, 0.2) is 78.3 Å². The van der Waals surface area contributed by atoms with Crippen LogP contribution in [0.3, 0.4) is 0 Å². The van der Waals surface area contributed by atoms with Crippen LogP contribution in [0.2, 0.25) is 0 Å². The Morgan fingerprint density at radius 1 is 0.958 bits per heavy atom. The predicted molar refractivity (Wildman–Crippen MR) is 95.8 cm³/mol. The summed E-state index contributed by atoms with van der Waals surface area (Å²) < 4.78 is 28.3. The molecule has 3 rings (SSSR count). The number of sulfonamides is 1. The van der Waals surface area contributed by atoms with Crippen molar-refractivity contribution in [1.29, 1.82) is 0 Å². The van der Waals surface area contributed by atoms with Gasteiger partial charge in [-0.25, -0.2) is 8.42 Å². The van der Waals surface area contributed by atoms with Crippen LogP contribution in [0.5, 0.6) is 0 Å². The minimum Gasteiger partial charge on any atom is -0.266 e. The Balaban J connectivity index is 1.66. The van der Waals surface area contributed by atoms with Gasteiger partial charge >= 0.3 is 0 Å². The van der Waals surface area contributed by atoms with E-state index in [-0.39, 0.29) is 0 Å². The van der Waals surface area contributed by atoms with Gasteiger partial charge in [0.15, 0.2) is 5.82 Å². The van der Waals surface area contributed by atoms with Gasteiger partial charge in [-0.2, -0.15) is 5.10 Å². The number of rotatable bonds is 6. The summed E-state index contributed by atoms with van der Waals surface area (Å²) >= 11 is 0. The molecule has 0 unspecified atom stereocenters. The van der Waals surface area contributed by atoms with E-state index in [4.69, 9.17) is 0 Å². The summed E-state index contributed by atoms with van der Waals surface area (Å²) in [6.07, 6.45) is 3.29. The van der Waals surface area contributed by atoms with Crippen molar-refractivity contribution in [2.24, 2.45) is 0 Å². The minimum atomic E-state index is -3.60. The molecule has 0 aliphatic rings. The molecule has 6 heteroatoms. The number of nitrogens with one attached hydrogen (secondary N) is 1. The van der Waals surface area contributed by atoms with Gasteiger partial charge in [0.2, 0.25) is 0 Å². The lowest BCUT2D eigenvalue weighted by atomic mass is 10.2. The molecule has 1 heterocycles. The topological polar surface area (TPSA) is 64.0 Å². The third-order valence-electron chi connectivity index (χ3n) is 3.31. The Morgan fingerprint density at radius 2 is 1.62 bits per heavy atom. The monoisotopic (exact) mass is 339 g/mol. The van der Waals surface area contributed by atoms with Crippen LogP contribution in [0.1, 0.15) is 11.1 Å². The molecule has 0 amide bonds. The van der Waals surface area contributed by atoms with E-state index in [1.54, 1.807) is 23.0 Å². The predicted octanol–water partition coefficient (Wildman–Crippen LogP) is 3.34. The lowest BCUT2D eigenvalue weighted by molar-refractivity contribution is 0.609. The largest absolute Gasteiger partial charge is 0.266 e. The Bertz CT molecular complexity index is 917. The first kappa shape index (κ1) is 16.0. The van der Waals surface area contributed by atoms with E-state index >= 15 is 0 Å². The van der Waals surface area contributed by atoms with E-state index in [9.17, 15) is 8.42 Å². The highest BCUT2D eigenvalue weighted by atomic mass is 32.2. The first-order chi connectivity index (χ1) is 11.6. The first-order valence-corrected chi connectivity index (χ1v) is 8.99. The van der Waals surface area contributed by atoms with E-state index in [0.717, 1.165) is 16.5 Å². The normalized spacial score (nSPS) is 11.7. The summed E-state index contributed by atoms with van der Waals surface area (Å²) in [6.45, 7) is 0.586. The lowest BCUT2D eigenvalue weighted by Gasteiger charge is -2.02. The molecule has 0 spiro atoms. The van der Waals surface area contributed by atoms with Crippen molar-refractivity contribution >= 4 is 21.9 Å². The summed E-state index contributed by atoms with van der Waals surface area (Å²) in [4.78, 5) is 0. The van der Waals surface area contributed by atoms with Crippen LogP contribution in [0.25, 0.3) is 6.08 Å². The Hall–Kier alpha value is -2.86. The number of aromatic nitrogens is 2. The maximum absolute atomic E-state index is 12.1. The highest BCUT2D eigenvalue weighted by Gasteiger charge is 2.08. The molecule has 0 saturated carbocycles. The maximum Gasteiger partial charge on any atom is 0.256 e. The third-order valence-corrected chi connectivity index (χ3v) is 4.30. The van der Waals surface area contributed by atoms with Crippen molar-refractivity contribution in [3.05, 3.63) is 89.5 Å². The van der Waals surface area contributed by atoms with Gasteiger partial charge in [-0.05, 0) is 17.2 Å². The zero-order chi connectivity index (χ0) is 16.8. The maximum atomic E-state index is 12.1. The van der Waals surface area contributed by atoms with Gasteiger partial charge in [0.1, 0.15) is 0 Å². The summed E-state index contributed by atoms with van der Waals surface area (Å²) in [5.41, 5.74) is 1.91. The molecule has 0 saturated heterocycles. The van der Waals surface area contributed by atoms with Gasteiger partial charge in [-0.1, -0.05) is 60.7 Å². The molecule has 0 aliphatic carbocycles. The molecule has 5 nitrogen and oxygen atoms in total. The first-order valence-electron chi connectivity index (χ1n) is 7.44. The Kier molecular flexibility index (Phi) is 4.77. The van der Waals surface area contributed by atoms with Crippen molar-refractivity contribution < 1.29 is 8.42 Å². The molecule has 2 aromatic carbocycles. The molecule has 122 valence electrons. The van der Waals surface area contributed by atoms with Crippen LogP contribution in [0.4, 0.5) is 5.82 Å². The Labute approximate surface area is 141 Å². The van der Waals surface area contributed by atoms with Gasteiger partial charge in [0, 0.05) is 12.3 Å². The van der Waals surface area contributed by atoms with E-state index in [1.165, 1.54) is 0 Å². The number of benzene rings is 2. The van der Waals surface area contributed by atoms with E-state index in [1.807, 2.05) is 60.7 Å². The molecule has 0 radical (unpaired) electrons. The second-order valence-electron chi connectivity index (χ2n) is 5.24. The summed E-state index contributed by atoms with van der Waals surface area (Å²) in [6, 6.07) is 20.7. The number of anilines is 1. The summed E-state index contributed by atoms with van der Waals surface area (Å²) in [5, 5.41) is 5.38. The van der Waals surface area contributed by atoms with E-state index < -0.39 is 10.0 Å². The lowest BCUT2D eigenvalue weighted by Crippen LogP contribution is -2.10. The molecule has 1 N–H and O–H groups in total. The van der Waals surface area contributed by atoms with Crippen LogP contribution in [0, 0.1) is 0 Å². The highest BCUT2D eigenvalue weighted by Crippen LogP contribution is 2.10. The molecule has 3 aromatic rings. The molecule has 0 fully saturated rings. The van der Waals surface area contributed by atoms with Crippen molar-refractivity contribution in [1.82, 2.24) is 9.78 Å². The molecule has 0 atom stereocenters. The molecule has 0 aliphatic heterocycles. The van der Waals surface area contributed by atoms with Crippen LogP contribution < -0.4 is 4.72 Å². The second-order valence-corrected chi connectivity index (χ2v) is 6.81. The van der Waals surface area contributed by atoms with Gasteiger partial charge in [-0.3, -0.25) is 9.40 Å². The van der Waals surface area contributed by atoms with Gasteiger partial charge in [0.25, 0.3) is 10.0 Å². The quantitative estimate of drug-likeness (QED) is 0.749. The summed E-state index contributed by atoms with van der Waals surface area (Å²) in [7, 11) is -3.60. The van der Waals surface area contributed by atoms with Crippen molar-refractivity contribution in [2.75, 3.05) is 4.72 Å². The minimum absolute atomic E-state index is 0.295. The number of nitrogens with zero attached hydrogens (tertiary/aromatic N) is 2. The fraction of sp³-hybridized carbons (Fsp3) is 0.0556. The van der Waals surface area contributed by atoms with Crippen molar-refractivity contribution in [3.63, 3.8) is 0 Å². The number of hydrogen-bond donors (Lipinski definition) is 1. The van der Waals surface area contributed by atoms with E-state index in [2.05, 4.69) is 9.82 Å². The van der Waals surface area contributed by atoms with Crippen molar-refractivity contribution in [3.8, 4) is 0 Å². The van der Waals surface area contributed by atoms with Gasteiger partial charge in [0.05, 0.1) is 12.0 Å². The SMILES string of the molecule is O=S(=O)(C=Cc1ccccc1)Nc1ccn(Cc2ccccc2)n1. The Morgan fingerprint density at radius 3 is 2.33 bits per heavy atom. The fourth-order valence-corrected chi connectivity index (χ4v) is 2.99.